The molecule has 0 aliphatic heterocycles. The van der Waals surface area contributed by atoms with Gasteiger partial charge in [0, 0.05) is 17.1 Å². The summed E-state index contributed by atoms with van der Waals surface area (Å²) < 4.78 is 27.5. The molecule has 18 heavy (non-hydrogen) atoms. The van der Waals surface area contributed by atoms with Crippen molar-refractivity contribution in [3.63, 3.8) is 0 Å². The van der Waals surface area contributed by atoms with Crippen molar-refractivity contribution in [2.45, 2.75) is 31.7 Å². The highest BCUT2D eigenvalue weighted by Gasteiger charge is 2.21. The summed E-state index contributed by atoms with van der Waals surface area (Å²) in [4.78, 5) is 0.219. The monoisotopic (exact) mass is 335 g/mol. The van der Waals surface area contributed by atoms with Crippen LogP contribution in [0.25, 0.3) is 0 Å². The van der Waals surface area contributed by atoms with Crippen LogP contribution >= 0.6 is 15.9 Å². The second-order valence-electron chi connectivity index (χ2n) is 4.48. The van der Waals surface area contributed by atoms with Crippen LogP contribution in [-0.4, -0.2) is 26.2 Å². The quantitative estimate of drug-likeness (QED) is 0.865. The van der Waals surface area contributed by atoms with Crippen molar-refractivity contribution in [1.82, 2.24) is 4.72 Å². The smallest absolute Gasteiger partial charge is 0.240 e. The Hall–Kier alpha value is -0.430. The van der Waals surface area contributed by atoms with Crippen molar-refractivity contribution in [1.29, 1.82) is 0 Å². The van der Waals surface area contributed by atoms with Crippen molar-refractivity contribution in [3.8, 4) is 0 Å². The molecule has 2 atom stereocenters. The van der Waals surface area contributed by atoms with Gasteiger partial charge in [-0.25, -0.2) is 13.1 Å². The molecule has 0 aromatic heterocycles. The zero-order chi connectivity index (χ0) is 13.9. The molecule has 4 nitrogen and oxygen atoms in total. The lowest BCUT2D eigenvalue weighted by Gasteiger charge is -2.19. The number of nitrogens with one attached hydrogen (secondary N) is 1. The Morgan fingerprint density at radius 1 is 1.39 bits per heavy atom. The fourth-order valence-electron chi connectivity index (χ4n) is 1.33. The van der Waals surface area contributed by atoms with Gasteiger partial charge in [0.05, 0.1) is 4.90 Å². The van der Waals surface area contributed by atoms with E-state index in [9.17, 15) is 8.42 Å². The van der Waals surface area contributed by atoms with Gasteiger partial charge in [-0.1, -0.05) is 28.9 Å². The fraction of sp³-hybridized carbons (Fsp3) is 0.500. The van der Waals surface area contributed by atoms with E-state index in [4.69, 9.17) is 5.11 Å². The second-order valence-corrected chi connectivity index (χ2v) is 7.05. The Morgan fingerprint density at radius 3 is 2.50 bits per heavy atom. The molecule has 0 radical (unpaired) electrons. The molecule has 0 aliphatic carbocycles. The van der Waals surface area contributed by atoms with Crippen LogP contribution in [0.15, 0.2) is 27.6 Å². The van der Waals surface area contributed by atoms with Crippen LogP contribution in [0.3, 0.4) is 0 Å². The van der Waals surface area contributed by atoms with Crippen LogP contribution in [0.5, 0.6) is 0 Å². The number of aliphatic hydroxyl groups is 1. The molecular weight excluding hydrogens is 318 g/mol. The predicted octanol–water partition coefficient (Wildman–Crippen LogP) is 2.05. The number of rotatable bonds is 5. The highest BCUT2D eigenvalue weighted by atomic mass is 79.9. The summed E-state index contributed by atoms with van der Waals surface area (Å²) >= 11 is 3.32. The van der Waals surface area contributed by atoms with Gasteiger partial charge in [-0.15, -0.1) is 0 Å². The first-order valence-electron chi connectivity index (χ1n) is 5.67. The summed E-state index contributed by atoms with van der Waals surface area (Å²) in [5.74, 6) is -0.131. The maximum atomic E-state index is 12.1. The number of benzene rings is 1. The van der Waals surface area contributed by atoms with E-state index in [1.807, 2.05) is 6.92 Å². The first kappa shape index (κ1) is 15.6. The van der Waals surface area contributed by atoms with Crippen LogP contribution in [0, 0.1) is 12.8 Å². The van der Waals surface area contributed by atoms with Gasteiger partial charge in [0.25, 0.3) is 0 Å². The molecule has 0 heterocycles. The van der Waals surface area contributed by atoms with Crippen LogP contribution in [0.2, 0.25) is 0 Å². The van der Waals surface area contributed by atoms with E-state index in [0.29, 0.717) is 0 Å². The highest BCUT2D eigenvalue weighted by molar-refractivity contribution is 9.10. The summed E-state index contributed by atoms with van der Waals surface area (Å²) in [6, 6.07) is 4.58. The molecule has 1 aromatic carbocycles. The van der Waals surface area contributed by atoms with Crippen LogP contribution < -0.4 is 4.72 Å². The van der Waals surface area contributed by atoms with E-state index in [1.54, 1.807) is 32.0 Å². The van der Waals surface area contributed by atoms with Gasteiger partial charge in [-0.2, -0.15) is 0 Å². The number of hydrogen-bond acceptors (Lipinski definition) is 3. The third-order valence-electron chi connectivity index (χ3n) is 2.94. The molecule has 2 N–H and O–H groups in total. The molecule has 0 spiro atoms. The zero-order valence-electron chi connectivity index (χ0n) is 10.6. The largest absolute Gasteiger partial charge is 0.396 e. The molecule has 6 heteroatoms. The second kappa shape index (κ2) is 6.14. The molecule has 0 bridgehead atoms. The van der Waals surface area contributed by atoms with Gasteiger partial charge in [0.1, 0.15) is 0 Å². The highest BCUT2D eigenvalue weighted by Crippen LogP contribution is 2.21. The first-order chi connectivity index (χ1) is 8.27. The van der Waals surface area contributed by atoms with Gasteiger partial charge in [0.2, 0.25) is 10.0 Å². The minimum absolute atomic E-state index is 0.0543. The van der Waals surface area contributed by atoms with Crippen LogP contribution in [-0.2, 0) is 10.0 Å². The normalized spacial score (nSPS) is 15.4. The molecule has 0 amide bonds. The maximum absolute atomic E-state index is 12.1. The van der Waals surface area contributed by atoms with E-state index in [-0.39, 0.29) is 23.5 Å². The van der Waals surface area contributed by atoms with E-state index >= 15 is 0 Å². The third-order valence-corrected chi connectivity index (χ3v) is 5.35. The van der Waals surface area contributed by atoms with Gasteiger partial charge >= 0.3 is 0 Å². The molecule has 0 saturated heterocycles. The minimum atomic E-state index is -3.54. The average Bonchev–Trinajstić information content (AvgIpc) is 2.30. The first-order valence-corrected chi connectivity index (χ1v) is 7.95. The van der Waals surface area contributed by atoms with Crippen molar-refractivity contribution in [2.75, 3.05) is 6.61 Å². The van der Waals surface area contributed by atoms with Crippen molar-refractivity contribution < 1.29 is 13.5 Å². The van der Waals surface area contributed by atoms with Crippen molar-refractivity contribution in [2.24, 2.45) is 5.92 Å². The SMILES string of the molecule is Cc1ccc(S(=O)(=O)NC(C)C(C)CO)cc1Br. The van der Waals surface area contributed by atoms with E-state index in [0.717, 1.165) is 10.0 Å². The Bertz CT molecular complexity index is 516. The number of aryl methyl sites for hydroxylation is 1. The maximum Gasteiger partial charge on any atom is 0.240 e. The number of sulfonamides is 1. The van der Waals surface area contributed by atoms with Crippen molar-refractivity contribution >= 4 is 26.0 Å². The molecule has 0 saturated carbocycles. The predicted molar refractivity (Wildman–Crippen MR) is 74.9 cm³/mol. The Morgan fingerprint density at radius 2 is 2.00 bits per heavy atom. The lowest BCUT2D eigenvalue weighted by atomic mass is 10.1. The van der Waals surface area contributed by atoms with Gasteiger partial charge in [-0.05, 0) is 37.5 Å². The van der Waals surface area contributed by atoms with Crippen molar-refractivity contribution in [3.05, 3.63) is 28.2 Å². The summed E-state index contributed by atoms with van der Waals surface area (Å²) in [5, 5.41) is 9.01. The average molecular weight is 336 g/mol. The summed E-state index contributed by atoms with van der Waals surface area (Å²) in [6.07, 6.45) is 0. The Labute approximate surface area is 117 Å². The summed E-state index contributed by atoms with van der Waals surface area (Å²) in [6.45, 7) is 5.37. The summed E-state index contributed by atoms with van der Waals surface area (Å²) in [7, 11) is -3.54. The topological polar surface area (TPSA) is 66.4 Å². The number of aliphatic hydroxyl groups excluding tert-OH is 1. The Balaban J connectivity index is 2.96. The molecule has 1 aromatic rings. The summed E-state index contributed by atoms with van der Waals surface area (Å²) in [5.41, 5.74) is 0.978. The number of hydrogen-bond donors (Lipinski definition) is 2. The van der Waals surface area contributed by atoms with Crippen LogP contribution in [0.4, 0.5) is 0 Å². The standard InChI is InChI=1S/C12H18BrNO3S/c1-8-4-5-11(6-12(8)13)18(16,17)14-10(3)9(2)7-15/h4-6,9-10,14-15H,7H2,1-3H3. The van der Waals surface area contributed by atoms with Gasteiger partial charge in [0.15, 0.2) is 0 Å². The number of halogens is 1. The lowest BCUT2D eigenvalue weighted by molar-refractivity contribution is 0.216. The zero-order valence-corrected chi connectivity index (χ0v) is 13.0. The van der Waals surface area contributed by atoms with Crippen LogP contribution in [0.1, 0.15) is 19.4 Å². The molecular formula is C12H18BrNO3S. The van der Waals surface area contributed by atoms with E-state index in [2.05, 4.69) is 20.7 Å². The van der Waals surface area contributed by atoms with E-state index in [1.165, 1.54) is 0 Å². The fourth-order valence-corrected chi connectivity index (χ4v) is 3.24. The van der Waals surface area contributed by atoms with Gasteiger partial charge < -0.3 is 5.11 Å². The molecule has 2 unspecified atom stereocenters. The van der Waals surface area contributed by atoms with E-state index < -0.39 is 10.0 Å². The third kappa shape index (κ3) is 3.78. The molecule has 0 aliphatic rings. The molecule has 102 valence electrons. The minimum Gasteiger partial charge on any atom is -0.396 e. The van der Waals surface area contributed by atoms with Gasteiger partial charge in [-0.3, -0.25) is 0 Å². The Kier molecular flexibility index (Phi) is 5.33. The molecule has 1 rings (SSSR count). The molecule has 0 fully saturated rings. The lowest BCUT2D eigenvalue weighted by Crippen LogP contribution is -2.38.